The highest BCUT2D eigenvalue weighted by molar-refractivity contribution is 9.10. The second kappa shape index (κ2) is 11.7. The zero-order chi connectivity index (χ0) is 29.4. The first-order valence-corrected chi connectivity index (χ1v) is 14.7. The molecule has 2 aliphatic heterocycles. The molecule has 0 saturated carbocycles. The Bertz CT molecular complexity index is 1660. The van der Waals surface area contributed by atoms with E-state index in [0.717, 1.165) is 21.2 Å². The van der Waals surface area contributed by atoms with E-state index in [1.807, 2.05) is 0 Å². The van der Waals surface area contributed by atoms with Crippen molar-refractivity contribution in [1.29, 1.82) is 0 Å². The van der Waals surface area contributed by atoms with Gasteiger partial charge in [0.1, 0.15) is 22.1 Å². The molecular weight excluding hydrogens is 644 g/mol. The number of hydrogen-bond acceptors (Lipinski definition) is 10. The summed E-state index contributed by atoms with van der Waals surface area (Å²) in [5.41, 5.74) is 0.0375. The number of hydrogen-bond donors (Lipinski definition) is 5. The molecule has 17 heteroatoms. The number of aromatic amines is 1. The van der Waals surface area contributed by atoms with E-state index in [9.17, 15) is 39.3 Å². The molecule has 0 aliphatic carbocycles. The first-order valence-electron chi connectivity index (χ1n) is 12.0. The highest BCUT2D eigenvalue weighted by Crippen LogP contribution is 2.44. The number of carboxylic acids is 2. The van der Waals surface area contributed by atoms with Crippen molar-refractivity contribution in [1.82, 2.24) is 30.0 Å². The Morgan fingerprint density at radius 3 is 2.71 bits per heavy atom. The van der Waals surface area contributed by atoms with E-state index < -0.39 is 52.2 Å². The Balaban J connectivity index is 1.39. The monoisotopic (exact) mass is 664 g/mol. The summed E-state index contributed by atoms with van der Waals surface area (Å²) < 4.78 is 1.69. The van der Waals surface area contributed by atoms with Crippen molar-refractivity contribution < 1.29 is 34.5 Å². The van der Waals surface area contributed by atoms with E-state index in [1.165, 1.54) is 17.8 Å². The summed E-state index contributed by atoms with van der Waals surface area (Å²) in [6.07, 6.45) is -1.80. The molecule has 2 aromatic heterocycles. The number of aliphatic hydroxyl groups is 1. The average molecular weight is 666 g/mol. The fourth-order valence-corrected chi connectivity index (χ4v) is 7.59. The summed E-state index contributed by atoms with van der Waals surface area (Å²) in [6, 6.07) is 8.55. The second-order valence-electron chi connectivity index (χ2n) is 9.04. The number of nitrogens with zero attached hydrogens (tertiary/aromatic N) is 4. The normalized spacial score (nSPS) is 19.9. The molecule has 5 N–H and O–H groups in total. The van der Waals surface area contributed by atoms with Gasteiger partial charge in [-0.2, -0.15) is 14.7 Å². The lowest BCUT2D eigenvalue weighted by atomic mass is 9.99. The Labute approximate surface area is 247 Å². The van der Waals surface area contributed by atoms with E-state index in [4.69, 9.17) is 0 Å². The summed E-state index contributed by atoms with van der Waals surface area (Å²) in [6.45, 7) is 0. The summed E-state index contributed by atoms with van der Waals surface area (Å²) in [7, 11) is 0. The van der Waals surface area contributed by atoms with Crippen molar-refractivity contribution in [2.45, 2.75) is 40.6 Å². The number of aromatic nitrogens is 4. The van der Waals surface area contributed by atoms with E-state index in [2.05, 4.69) is 36.5 Å². The number of nitrogens with one attached hydrogen (secondary N) is 2. The maximum atomic E-state index is 13.2. The molecule has 5 rings (SSSR count). The molecule has 214 valence electrons. The van der Waals surface area contributed by atoms with Crippen LogP contribution >= 0.6 is 39.5 Å². The predicted octanol–water partition coefficient (Wildman–Crippen LogP) is 0.978. The van der Waals surface area contributed by atoms with Crippen LogP contribution in [0, 0.1) is 0 Å². The molecule has 1 saturated heterocycles. The molecule has 0 radical (unpaired) electrons. The van der Waals surface area contributed by atoms with Crippen molar-refractivity contribution in [3.05, 3.63) is 68.2 Å². The quantitative estimate of drug-likeness (QED) is 0.152. The van der Waals surface area contributed by atoms with Crippen molar-refractivity contribution >= 4 is 68.9 Å². The SMILES string of the molecule is O=C(O)CCC(Sc1ccc2n[nH]c(=O)n2n1)C1=C(C(=O)O)N2C(=O)C(NC(=O)C(O)c3cccc(Br)c3)[C@@H]2SC1. The average Bonchev–Trinajstić information content (AvgIpc) is 3.32. The van der Waals surface area contributed by atoms with Gasteiger partial charge in [0, 0.05) is 21.9 Å². The number of halogens is 1. The number of carboxylic acid groups (broad SMARTS) is 2. The molecule has 0 spiro atoms. The van der Waals surface area contributed by atoms with Crippen LogP contribution in [-0.4, -0.2) is 86.2 Å². The summed E-state index contributed by atoms with van der Waals surface area (Å²) in [5, 5.41) is 41.6. The van der Waals surface area contributed by atoms with Crippen LogP contribution in [0.25, 0.3) is 5.65 Å². The molecule has 3 unspecified atom stereocenters. The minimum absolute atomic E-state index is 0.0262. The smallest absolute Gasteiger partial charge is 0.364 e. The zero-order valence-corrected chi connectivity index (χ0v) is 24.0. The fraction of sp³-hybridized carbons (Fsp3) is 0.292. The minimum Gasteiger partial charge on any atom is -0.481 e. The fourth-order valence-electron chi connectivity index (χ4n) is 4.50. The van der Waals surface area contributed by atoms with E-state index in [0.29, 0.717) is 20.6 Å². The lowest BCUT2D eigenvalue weighted by Crippen LogP contribution is -2.71. The maximum Gasteiger partial charge on any atom is 0.364 e. The van der Waals surface area contributed by atoms with E-state index in [-0.39, 0.29) is 29.9 Å². The van der Waals surface area contributed by atoms with Crippen LogP contribution < -0.4 is 11.0 Å². The number of rotatable bonds is 10. The zero-order valence-electron chi connectivity index (χ0n) is 20.8. The first kappa shape index (κ1) is 28.8. The van der Waals surface area contributed by atoms with Gasteiger partial charge in [-0.1, -0.05) is 39.8 Å². The van der Waals surface area contributed by atoms with Gasteiger partial charge in [-0.25, -0.2) is 14.7 Å². The van der Waals surface area contributed by atoms with Gasteiger partial charge in [0.15, 0.2) is 11.8 Å². The highest BCUT2D eigenvalue weighted by atomic mass is 79.9. The van der Waals surface area contributed by atoms with Crippen LogP contribution in [0.5, 0.6) is 0 Å². The van der Waals surface area contributed by atoms with Gasteiger partial charge in [0.25, 0.3) is 11.8 Å². The maximum absolute atomic E-state index is 13.2. The number of aliphatic hydroxyl groups excluding tert-OH is 1. The Morgan fingerprint density at radius 1 is 1.22 bits per heavy atom. The summed E-state index contributed by atoms with van der Waals surface area (Å²) in [4.78, 5) is 62.8. The Hall–Kier alpha value is -3.67. The molecule has 1 fully saturated rings. The van der Waals surface area contributed by atoms with E-state index >= 15 is 0 Å². The Kier molecular flexibility index (Phi) is 8.21. The third-order valence-electron chi connectivity index (χ3n) is 6.43. The molecule has 4 atom stereocenters. The van der Waals surface area contributed by atoms with Gasteiger partial charge in [-0.15, -0.1) is 11.8 Å². The van der Waals surface area contributed by atoms with Gasteiger partial charge in [-0.3, -0.25) is 19.3 Å². The number of fused-ring (bicyclic) bond motifs is 2. The molecule has 2 aliphatic rings. The predicted molar refractivity (Wildman–Crippen MR) is 149 cm³/mol. The minimum atomic E-state index is -1.54. The number of aliphatic carboxylic acids is 2. The molecule has 41 heavy (non-hydrogen) atoms. The molecule has 1 aromatic carbocycles. The number of carbonyl (C=O) groups excluding carboxylic acids is 2. The third kappa shape index (κ3) is 5.74. The van der Waals surface area contributed by atoms with Gasteiger partial charge in [-0.05, 0) is 41.8 Å². The number of thioether (sulfide) groups is 2. The molecule has 14 nitrogen and oxygen atoms in total. The van der Waals surface area contributed by atoms with Crippen molar-refractivity contribution in [3.63, 3.8) is 0 Å². The third-order valence-corrected chi connectivity index (χ3v) is 9.49. The highest BCUT2D eigenvalue weighted by Gasteiger charge is 2.55. The van der Waals surface area contributed by atoms with Crippen molar-refractivity contribution in [3.8, 4) is 0 Å². The lowest BCUT2D eigenvalue weighted by molar-refractivity contribution is -0.151. The van der Waals surface area contributed by atoms with Crippen LogP contribution in [0.15, 0.2) is 62.0 Å². The molecule has 0 bridgehead atoms. The standard InChI is InChI=1S/C24H21BrN6O8S2/c25-11-3-1-2-10(8-11)19(34)20(35)26-17-21(36)30-18(23(37)38)12(9-40-22(17)30)13(4-7-16(32)33)41-15-6-5-14-27-28-24(39)31(14)29-15/h1-3,5-6,8,13,17,19,22,34H,4,7,9H2,(H,26,35)(H,28,39)(H,32,33)(H,37,38)/t13?,17?,19?,22-/m0/s1. The first-order chi connectivity index (χ1) is 19.5. The van der Waals surface area contributed by atoms with Gasteiger partial charge < -0.3 is 20.6 Å². The summed E-state index contributed by atoms with van der Waals surface area (Å²) in [5.74, 6) is -3.82. The molecular formula is C24H21BrN6O8S2. The molecule has 2 amide bonds. The van der Waals surface area contributed by atoms with Gasteiger partial charge >= 0.3 is 17.6 Å². The van der Waals surface area contributed by atoms with Crippen LogP contribution in [0.3, 0.4) is 0 Å². The Morgan fingerprint density at radius 2 is 2.00 bits per heavy atom. The number of carbonyl (C=O) groups is 4. The van der Waals surface area contributed by atoms with Crippen LogP contribution in [-0.2, 0) is 19.2 Å². The number of amides is 2. The van der Waals surface area contributed by atoms with Crippen LogP contribution in [0.2, 0.25) is 0 Å². The van der Waals surface area contributed by atoms with Crippen molar-refractivity contribution in [2.75, 3.05) is 5.75 Å². The number of benzene rings is 1. The second-order valence-corrected chi connectivity index (χ2v) is 12.3. The van der Waals surface area contributed by atoms with Crippen LogP contribution in [0.4, 0.5) is 0 Å². The van der Waals surface area contributed by atoms with Crippen LogP contribution in [0.1, 0.15) is 24.5 Å². The summed E-state index contributed by atoms with van der Waals surface area (Å²) >= 11 is 5.56. The molecule has 3 aromatic rings. The van der Waals surface area contributed by atoms with Crippen molar-refractivity contribution in [2.24, 2.45) is 0 Å². The van der Waals surface area contributed by atoms with E-state index in [1.54, 1.807) is 30.3 Å². The molecule has 4 heterocycles. The van der Waals surface area contributed by atoms with Gasteiger partial charge in [0.2, 0.25) is 0 Å². The lowest BCUT2D eigenvalue weighted by Gasteiger charge is -2.50. The van der Waals surface area contributed by atoms with Gasteiger partial charge in [0.05, 0.1) is 0 Å². The largest absolute Gasteiger partial charge is 0.481 e. The number of β-lactam (4-membered cyclic amide) rings is 1. The topological polar surface area (TPSA) is 207 Å². The number of H-pyrrole nitrogens is 1.